The lowest BCUT2D eigenvalue weighted by Crippen LogP contribution is -2.15. The molecule has 0 radical (unpaired) electrons. The zero-order valence-electron chi connectivity index (χ0n) is 9.58. The molecule has 0 aromatic heterocycles. The third kappa shape index (κ3) is 3.26. The Kier molecular flexibility index (Phi) is 4.19. The molecule has 0 unspecified atom stereocenters. The summed E-state index contributed by atoms with van der Waals surface area (Å²) in [7, 11) is 0. The lowest BCUT2D eigenvalue weighted by Gasteiger charge is -2.23. The van der Waals surface area contributed by atoms with Gasteiger partial charge in [-0.05, 0) is 35.2 Å². The van der Waals surface area contributed by atoms with Crippen LogP contribution in [0.5, 0.6) is 0 Å². The molecule has 1 rings (SSSR count). The van der Waals surface area contributed by atoms with Crippen LogP contribution in [-0.2, 0) is 12.0 Å². The van der Waals surface area contributed by atoms with Gasteiger partial charge in [0, 0.05) is 0 Å². The second-order valence-electron chi connectivity index (χ2n) is 4.34. The molecule has 1 aromatic carbocycles. The molecule has 1 nitrogen and oxygen atoms in total. The van der Waals surface area contributed by atoms with Crippen molar-refractivity contribution in [1.29, 1.82) is 0 Å². The van der Waals surface area contributed by atoms with Crippen molar-refractivity contribution in [3.8, 4) is 0 Å². The van der Waals surface area contributed by atoms with Gasteiger partial charge < -0.3 is 0 Å². The first-order valence-electron chi connectivity index (χ1n) is 5.23. The van der Waals surface area contributed by atoms with E-state index in [0.717, 1.165) is 6.42 Å². The zero-order chi connectivity index (χ0) is 11.3. The first-order chi connectivity index (χ1) is 7.10. The fraction of sp³-hybridized carbons (Fsp3) is 0.462. The fourth-order valence-corrected chi connectivity index (χ4v) is 1.45. The van der Waals surface area contributed by atoms with Gasteiger partial charge in [-0.2, -0.15) is 0 Å². The predicted molar refractivity (Wildman–Crippen MR) is 68.5 cm³/mol. The van der Waals surface area contributed by atoms with E-state index in [4.69, 9.17) is 0 Å². The Bertz CT molecular complexity index is 359. The van der Waals surface area contributed by atoms with Gasteiger partial charge in [0.25, 0.3) is 0 Å². The van der Waals surface area contributed by atoms with Crippen LogP contribution in [0.3, 0.4) is 0 Å². The van der Waals surface area contributed by atoms with E-state index >= 15 is 0 Å². The summed E-state index contributed by atoms with van der Waals surface area (Å²) in [5, 5.41) is 2.38. The van der Waals surface area contributed by atoms with Gasteiger partial charge in [0.15, 0.2) is 0 Å². The van der Waals surface area contributed by atoms with Crippen molar-refractivity contribution in [1.82, 2.24) is 0 Å². The molecule has 0 fully saturated rings. The van der Waals surface area contributed by atoms with Crippen LogP contribution in [0.25, 0.3) is 0 Å². The highest BCUT2D eigenvalue weighted by Gasteiger charge is 2.17. The Morgan fingerprint density at radius 1 is 1.27 bits per heavy atom. The van der Waals surface area contributed by atoms with Crippen molar-refractivity contribution in [3.63, 3.8) is 0 Å². The van der Waals surface area contributed by atoms with E-state index in [0.29, 0.717) is 6.54 Å². The quantitative estimate of drug-likeness (QED) is 0.551. The van der Waals surface area contributed by atoms with Crippen molar-refractivity contribution >= 4 is 17.4 Å². The van der Waals surface area contributed by atoms with Crippen LogP contribution in [-0.4, -0.2) is 5.16 Å². The highest BCUT2D eigenvalue weighted by atomic mass is 32.1. The maximum atomic E-state index is 4.54. The average Bonchev–Trinajstić information content (AvgIpc) is 2.27. The molecule has 1 aromatic rings. The molecule has 0 aliphatic carbocycles. The molecular formula is C13H17NS. The summed E-state index contributed by atoms with van der Waals surface area (Å²) < 4.78 is 0. The SMILES string of the molecule is CCC(C)(C)c1ccc(CN=C=S)cc1. The molecule has 0 heterocycles. The molecule has 0 spiro atoms. The Hall–Kier alpha value is -0.980. The standard InChI is InChI=1S/C13H17NS/c1-4-13(2,3)12-7-5-11(6-8-12)9-14-10-15/h5-8H,4,9H2,1-3H3. The first kappa shape index (κ1) is 12.1. The molecule has 80 valence electrons. The van der Waals surface area contributed by atoms with E-state index in [1.807, 2.05) is 0 Å². The van der Waals surface area contributed by atoms with Crippen molar-refractivity contribution in [2.24, 2.45) is 4.99 Å². The largest absolute Gasteiger partial charge is 0.228 e. The molecule has 0 atom stereocenters. The minimum atomic E-state index is 0.256. The molecular weight excluding hydrogens is 202 g/mol. The van der Waals surface area contributed by atoms with Gasteiger partial charge in [0.05, 0.1) is 11.7 Å². The normalized spacial score (nSPS) is 10.9. The van der Waals surface area contributed by atoms with E-state index in [-0.39, 0.29) is 5.41 Å². The Labute approximate surface area is 97.2 Å². The third-order valence-electron chi connectivity index (χ3n) is 2.95. The predicted octanol–water partition coefficient (Wildman–Crippen LogP) is 3.98. The van der Waals surface area contributed by atoms with E-state index < -0.39 is 0 Å². The highest BCUT2D eigenvalue weighted by Crippen LogP contribution is 2.26. The van der Waals surface area contributed by atoms with Crippen molar-refractivity contribution in [3.05, 3.63) is 35.4 Å². The number of aliphatic imine (C=N–C) groups is 1. The summed E-state index contributed by atoms with van der Waals surface area (Å²) in [6, 6.07) is 8.58. The van der Waals surface area contributed by atoms with E-state index in [1.165, 1.54) is 11.1 Å². The number of hydrogen-bond acceptors (Lipinski definition) is 2. The molecule has 0 aliphatic rings. The second kappa shape index (κ2) is 5.20. The number of thiocarbonyl (C=S) groups is 1. The first-order valence-corrected chi connectivity index (χ1v) is 5.64. The van der Waals surface area contributed by atoms with Gasteiger partial charge in [-0.15, -0.1) is 0 Å². The van der Waals surface area contributed by atoms with Crippen LogP contribution in [0, 0.1) is 0 Å². The molecule has 0 saturated carbocycles. The summed E-state index contributed by atoms with van der Waals surface area (Å²) in [6.45, 7) is 7.37. The average molecular weight is 219 g/mol. The van der Waals surface area contributed by atoms with Crippen LogP contribution in [0.15, 0.2) is 29.3 Å². The lowest BCUT2D eigenvalue weighted by molar-refractivity contribution is 0.506. The summed E-state index contributed by atoms with van der Waals surface area (Å²) in [5.74, 6) is 0. The van der Waals surface area contributed by atoms with Crippen LogP contribution in [0.1, 0.15) is 38.3 Å². The minimum absolute atomic E-state index is 0.256. The summed E-state index contributed by atoms with van der Waals surface area (Å²) in [6.07, 6.45) is 1.14. The highest BCUT2D eigenvalue weighted by molar-refractivity contribution is 7.78. The molecule has 0 amide bonds. The van der Waals surface area contributed by atoms with Gasteiger partial charge >= 0.3 is 0 Å². The lowest BCUT2D eigenvalue weighted by atomic mass is 9.82. The maximum absolute atomic E-state index is 4.54. The number of isothiocyanates is 1. The summed E-state index contributed by atoms with van der Waals surface area (Å²) in [5.41, 5.74) is 2.81. The van der Waals surface area contributed by atoms with Crippen LogP contribution in [0.4, 0.5) is 0 Å². The summed E-state index contributed by atoms with van der Waals surface area (Å²) >= 11 is 4.54. The maximum Gasteiger partial charge on any atom is 0.0743 e. The number of hydrogen-bond donors (Lipinski definition) is 0. The van der Waals surface area contributed by atoms with Gasteiger partial charge in [0.1, 0.15) is 0 Å². The smallest absolute Gasteiger partial charge is 0.0743 e. The molecule has 0 N–H and O–H groups in total. The third-order valence-corrected chi connectivity index (χ3v) is 3.07. The Balaban J connectivity index is 2.85. The Morgan fingerprint density at radius 3 is 2.33 bits per heavy atom. The van der Waals surface area contributed by atoms with Gasteiger partial charge in [-0.1, -0.05) is 45.0 Å². The summed E-state index contributed by atoms with van der Waals surface area (Å²) in [4.78, 5) is 3.92. The van der Waals surface area contributed by atoms with E-state index in [2.05, 4.69) is 67.4 Å². The molecule has 0 saturated heterocycles. The van der Waals surface area contributed by atoms with Gasteiger partial charge in [-0.3, -0.25) is 0 Å². The number of benzene rings is 1. The van der Waals surface area contributed by atoms with Crippen LogP contribution >= 0.6 is 12.2 Å². The zero-order valence-corrected chi connectivity index (χ0v) is 10.4. The fourth-order valence-electron chi connectivity index (χ4n) is 1.39. The van der Waals surface area contributed by atoms with Crippen molar-refractivity contribution in [2.75, 3.05) is 0 Å². The number of nitrogens with zero attached hydrogens (tertiary/aromatic N) is 1. The molecule has 15 heavy (non-hydrogen) atoms. The van der Waals surface area contributed by atoms with Gasteiger partial charge in [-0.25, -0.2) is 4.99 Å². The minimum Gasteiger partial charge on any atom is -0.228 e. The van der Waals surface area contributed by atoms with Crippen molar-refractivity contribution < 1.29 is 0 Å². The monoisotopic (exact) mass is 219 g/mol. The topological polar surface area (TPSA) is 12.4 Å². The van der Waals surface area contributed by atoms with E-state index in [9.17, 15) is 0 Å². The van der Waals surface area contributed by atoms with Crippen molar-refractivity contribution in [2.45, 2.75) is 39.2 Å². The second-order valence-corrected chi connectivity index (χ2v) is 4.52. The molecule has 0 aliphatic heterocycles. The Morgan fingerprint density at radius 2 is 1.87 bits per heavy atom. The number of rotatable bonds is 4. The molecule has 0 bridgehead atoms. The van der Waals surface area contributed by atoms with Gasteiger partial charge in [0.2, 0.25) is 0 Å². The molecule has 2 heteroatoms. The van der Waals surface area contributed by atoms with Crippen LogP contribution in [0.2, 0.25) is 0 Å². The van der Waals surface area contributed by atoms with E-state index in [1.54, 1.807) is 0 Å². The van der Waals surface area contributed by atoms with Crippen LogP contribution < -0.4 is 0 Å².